The van der Waals surface area contributed by atoms with Crippen LogP contribution in [0.15, 0.2) is 60.8 Å². The van der Waals surface area contributed by atoms with Crippen LogP contribution >= 0.6 is 0 Å². The van der Waals surface area contributed by atoms with Gasteiger partial charge in [0.05, 0.1) is 10.9 Å². The van der Waals surface area contributed by atoms with Crippen molar-refractivity contribution in [3.8, 4) is 22.8 Å². The van der Waals surface area contributed by atoms with Gasteiger partial charge in [-0.15, -0.1) is 0 Å². The molecule has 0 fully saturated rings. The molecular weight excluding hydrogens is 402 g/mol. The predicted octanol–water partition coefficient (Wildman–Crippen LogP) is 7.95. The highest BCUT2D eigenvalue weighted by Crippen LogP contribution is 2.50. The molecule has 0 saturated heterocycles. The van der Waals surface area contributed by atoms with Gasteiger partial charge in [-0.1, -0.05) is 62.7 Å². The van der Waals surface area contributed by atoms with Gasteiger partial charge in [-0.2, -0.15) is 0 Å². The van der Waals surface area contributed by atoms with E-state index in [1.54, 1.807) is 0 Å². The van der Waals surface area contributed by atoms with E-state index < -0.39 is 0 Å². The molecule has 4 aromatic carbocycles. The molecule has 0 saturated carbocycles. The molecule has 0 atom stereocenters. The number of pyridine rings is 1. The van der Waals surface area contributed by atoms with Crippen LogP contribution in [0.1, 0.15) is 37.5 Å². The number of ether oxygens (including phenoxy) is 1. The fourth-order valence-electron chi connectivity index (χ4n) is 5.55. The van der Waals surface area contributed by atoms with Gasteiger partial charge in [-0.3, -0.25) is 0 Å². The van der Waals surface area contributed by atoms with Crippen LogP contribution in [0, 0.1) is 19.3 Å². The Balaban J connectivity index is 1.69. The zero-order valence-electron chi connectivity index (χ0n) is 20.3. The van der Waals surface area contributed by atoms with Crippen LogP contribution in [0.5, 0.6) is 11.5 Å². The average Bonchev–Trinajstić information content (AvgIpc) is 2.74. The molecule has 0 amide bonds. The zero-order chi connectivity index (χ0) is 23.1. The first kappa shape index (κ1) is 20.2. The van der Waals surface area contributed by atoms with Crippen molar-refractivity contribution in [2.75, 3.05) is 0 Å². The van der Waals surface area contributed by atoms with Gasteiger partial charge in [0.25, 0.3) is 0 Å². The van der Waals surface area contributed by atoms with Gasteiger partial charge in [-0.25, -0.2) is 4.57 Å². The second-order valence-electron chi connectivity index (χ2n) is 10.9. The first-order chi connectivity index (χ1) is 15.7. The minimum absolute atomic E-state index is 0.256. The van der Waals surface area contributed by atoms with E-state index in [0.29, 0.717) is 0 Å². The van der Waals surface area contributed by atoms with Crippen molar-refractivity contribution in [2.24, 2.45) is 12.5 Å². The Morgan fingerprint density at radius 2 is 1.58 bits per heavy atom. The van der Waals surface area contributed by atoms with Crippen LogP contribution < -0.4 is 9.30 Å². The van der Waals surface area contributed by atoms with Crippen LogP contribution in [0.2, 0.25) is 0 Å². The fraction of sp³-hybridized carbons (Fsp3) is 0.258. The van der Waals surface area contributed by atoms with E-state index in [0.717, 1.165) is 17.9 Å². The lowest BCUT2D eigenvalue weighted by Crippen LogP contribution is -2.31. The number of benzene rings is 4. The molecule has 2 heterocycles. The van der Waals surface area contributed by atoms with Gasteiger partial charge >= 0.3 is 0 Å². The Bertz CT molecular complexity index is 1620. The Morgan fingerprint density at radius 3 is 2.36 bits per heavy atom. The van der Waals surface area contributed by atoms with Crippen molar-refractivity contribution in [2.45, 2.75) is 41.0 Å². The summed E-state index contributed by atoms with van der Waals surface area (Å²) in [7, 11) is 2.14. The molecule has 0 bridgehead atoms. The van der Waals surface area contributed by atoms with Crippen molar-refractivity contribution in [1.29, 1.82) is 0 Å². The first-order valence-corrected chi connectivity index (χ1v) is 11.8. The second kappa shape index (κ2) is 6.81. The maximum atomic E-state index is 6.77. The van der Waals surface area contributed by atoms with Gasteiger partial charge in [0, 0.05) is 11.5 Å². The molecule has 6 rings (SSSR count). The molecule has 0 radical (unpaired) electrons. The van der Waals surface area contributed by atoms with Gasteiger partial charge in [0.1, 0.15) is 18.5 Å². The van der Waals surface area contributed by atoms with Crippen LogP contribution in [0.25, 0.3) is 43.6 Å². The van der Waals surface area contributed by atoms with E-state index >= 15 is 0 Å². The van der Waals surface area contributed by atoms with Gasteiger partial charge in [0.15, 0.2) is 6.20 Å². The van der Waals surface area contributed by atoms with Crippen LogP contribution in [0.4, 0.5) is 0 Å². The molecular formula is C31H30NO+. The van der Waals surface area contributed by atoms with Crippen molar-refractivity contribution >= 4 is 32.3 Å². The standard InChI is InChI=1S/C31H30NO/c1-18-7-9-24-19(2)27-26(16-22(24)13-18)33-30-25-10-8-20(17-31(3,4)5)14-23(25)15-21-11-12-32(6)29(27)28(21)30/h7-16H,17H2,1-6H3/q+1. The summed E-state index contributed by atoms with van der Waals surface area (Å²) >= 11 is 0. The number of hydrogen-bond donors (Lipinski definition) is 0. The van der Waals surface area contributed by atoms with Gasteiger partial charge < -0.3 is 4.74 Å². The minimum Gasteiger partial charge on any atom is -0.455 e. The zero-order valence-corrected chi connectivity index (χ0v) is 20.3. The monoisotopic (exact) mass is 432 g/mol. The lowest BCUT2D eigenvalue weighted by Gasteiger charge is -2.24. The largest absolute Gasteiger partial charge is 0.455 e. The van der Waals surface area contributed by atoms with E-state index in [1.165, 1.54) is 60.3 Å². The molecule has 33 heavy (non-hydrogen) atoms. The number of nitrogens with zero attached hydrogens (tertiary/aromatic N) is 1. The van der Waals surface area contributed by atoms with Crippen LogP contribution in [-0.4, -0.2) is 0 Å². The van der Waals surface area contributed by atoms with Crippen LogP contribution in [0.3, 0.4) is 0 Å². The topological polar surface area (TPSA) is 13.1 Å². The Kier molecular flexibility index (Phi) is 4.17. The molecule has 0 unspecified atom stereocenters. The van der Waals surface area contributed by atoms with Gasteiger partial charge in [0.2, 0.25) is 5.69 Å². The molecule has 1 aliphatic rings. The summed E-state index contributed by atoms with van der Waals surface area (Å²) in [5, 5.41) is 7.38. The number of rotatable bonds is 1. The second-order valence-corrected chi connectivity index (χ2v) is 10.9. The maximum absolute atomic E-state index is 6.77. The summed E-state index contributed by atoms with van der Waals surface area (Å²) < 4.78 is 9.02. The molecule has 164 valence electrons. The average molecular weight is 433 g/mol. The lowest BCUT2D eigenvalue weighted by molar-refractivity contribution is -0.659. The maximum Gasteiger partial charge on any atom is 0.228 e. The van der Waals surface area contributed by atoms with E-state index in [2.05, 4.69) is 107 Å². The summed E-state index contributed by atoms with van der Waals surface area (Å²) in [5.74, 6) is 1.93. The number of fused-ring (bicyclic) bond motifs is 5. The first-order valence-electron chi connectivity index (χ1n) is 11.8. The molecule has 0 aliphatic carbocycles. The Hall–Kier alpha value is -3.39. The highest BCUT2D eigenvalue weighted by molar-refractivity contribution is 6.13. The van der Waals surface area contributed by atoms with E-state index in [1.807, 2.05) is 0 Å². The molecule has 5 aromatic rings. The Morgan fingerprint density at radius 1 is 0.818 bits per heavy atom. The highest BCUT2D eigenvalue weighted by Gasteiger charge is 2.31. The third-order valence-corrected chi connectivity index (χ3v) is 6.96. The Labute approximate surface area is 195 Å². The third-order valence-electron chi connectivity index (χ3n) is 6.96. The number of aryl methyl sites for hydroxylation is 3. The summed E-state index contributed by atoms with van der Waals surface area (Å²) in [6.07, 6.45) is 3.24. The summed E-state index contributed by atoms with van der Waals surface area (Å²) in [6.45, 7) is 11.3. The van der Waals surface area contributed by atoms with Crippen molar-refractivity contribution in [3.05, 3.63) is 77.5 Å². The summed E-state index contributed by atoms with van der Waals surface area (Å²) in [5.41, 5.74) is 6.61. The third kappa shape index (κ3) is 3.12. The molecule has 2 heteroatoms. The normalized spacial score (nSPS) is 12.9. The van der Waals surface area contributed by atoms with Crippen molar-refractivity contribution in [1.82, 2.24) is 0 Å². The smallest absolute Gasteiger partial charge is 0.228 e. The molecule has 1 aliphatic heterocycles. The van der Waals surface area contributed by atoms with Crippen LogP contribution in [-0.2, 0) is 13.5 Å². The van der Waals surface area contributed by atoms with E-state index in [4.69, 9.17) is 4.74 Å². The highest BCUT2D eigenvalue weighted by atomic mass is 16.5. The quantitative estimate of drug-likeness (QED) is 0.190. The number of hydrogen-bond acceptors (Lipinski definition) is 1. The predicted molar refractivity (Wildman–Crippen MR) is 138 cm³/mol. The van der Waals surface area contributed by atoms with Crippen molar-refractivity contribution in [3.63, 3.8) is 0 Å². The molecule has 0 N–H and O–H groups in total. The fourth-order valence-corrected chi connectivity index (χ4v) is 5.55. The van der Waals surface area contributed by atoms with E-state index in [9.17, 15) is 0 Å². The lowest BCUT2D eigenvalue weighted by atomic mass is 9.86. The van der Waals surface area contributed by atoms with Crippen molar-refractivity contribution < 1.29 is 9.30 Å². The summed E-state index contributed by atoms with van der Waals surface area (Å²) in [4.78, 5) is 0. The summed E-state index contributed by atoms with van der Waals surface area (Å²) in [6, 6.07) is 20.3. The number of aromatic nitrogens is 1. The molecule has 2 nitrogen and oxygen atoms in total. The molecule has 0 spiro atoms. The van der Waals surface area contributed by atoms with E-state index in [-0.39, 0.29) is 5.41 Å². The molecule has 1 aromatic heterocycles. The van der Waals surface area contributed by atoms with Gasteiger partial charge in [-0.05, 0) is 70.5 Å². The minimum atomic E-state index is 0.256. The SMILES string of the molecule is Cc1ccc2c(C)c3c(cc2c1)Oc1c2ccc(CC(C)(C)C)cc2cc2cc[n+](C)c-3c12.